The second-order valence-electron chi connectivity index (χ2n) is 7.67. The minimum absolute atomic E-state index is 0.0305. The molecule has 0 saturated heterocycles. The maximum Gasteiger partial charge on any atom is 0.573 e. The number of aromatic nitrogens is 2. The molecule has 0 fully saturated rings. The van der Waals surface area contributed by atoms with Crippen molar-refractivity contribution in [3.05, 3.63) is 78.5 Å². The van der Waals surface area contributed by atoms with Crippen LogP contribution in [0.4, 0.5) is 17.6 Å². The molecule has 0 spiro atoms. The van der Waals surface area contributed by atoms with E-state index in [4.69, 9.17) is 0 Å². The zero-order valence-electron chi connectivity index (χ0n) is 18.6. The highest BCUT2D eigenvalue weighted by Gasteiger charge is 2.31. The number of rotatable bonds is 7. The molecule has 0 N–H and O–H groups in total. The molecule has 0 aliphatic carbocycles. The lowest BCUT2D eigenvalue weighted by Gasteiger charge is -2.11. The van der Waals surface area contributed by atoms with Crippen LogP contribution in [0.25, 0.3) is 22.0 Å². The first kappa shape index (κ1) is 25.2. The Bertz CT molecular complexity index is 1530. The molecule has 7 nitrogen and oxygen atoms in total. The number of methoxy groups -OCH3 is 1. The molecule has 0 amide bonds. The Hall–Kier alpha value is -3.93. The molecule has 0 bridgehead atoms. The minimum atomic E-state index is -4.84. The van der Waals surface area contributed by atoms with Gasteiger partial charge in [-0.2, -0.15) is 0 Å². The first-order valence-corrected chi connectivity index (χ1v) is 11.8. The number of carbonyl (C=O) groups excluding carboxylic acids is 1. The van der Waals surface area contributed by atoms with Crippen LogP contribution in [-0.4, -0.2) is 36.8 Å². The van der Waals surface area contributed by atoms with Crippen LogP contribution in [-0.2, 0) is 26.0 Å². The van der Waals surface area contributed by atoms with Crippen molar-refractivity contribution in [2.75, 3.05) is 7.11 Å². The van der Waals surface area contributed by atoms with Crippen molar-refractivity contribution in [2.24, 2.45) is 0 Å². The van der Waals surface area contributed by atoms with Crippen molar-refractivity contribution in [1.29, 1.82) is 0 Å². The smallest absolute Gasteiger partial charge is 0.469 e. The molecular weight excluding hydrogens is 504 g/mol. The van der Waals surface area contributed by atoms with Gasteiger partial charge in [-0.1, -0.05) is 12.1 Å². The van der Waals surface area contributed by atoms with Gasteiger partial charge < -0.3 is 9.47 Å². The van der Waals surface area contributed by atoms with Gasteiger partial charge >= 0.3 is 12.3 Å². The van der Waals surface area contributed by atoms with Crippen LogP contribution in [0.5, 0.6) is 5.75 Å². The highest BCUT2D eigenvalue weighted by molar-refractivity contribution is 7.90. The Kier molecular flexibility index (Phi) is 6.72. The molecule has 36 heavy (non-hydrogen) atoms. The van der Waals surface area contributed by atoms with Gasteiger partial charge in [-0.3, -0.25) is 9.78 Å². The molecular formula is C24H18F4N2O5S. The van der Waals surface area contributed by atoms with Gasteiger partial charge in [0.1, 0.15) is 16.5 Å². The van der Waals surface area contributed by atoms with Crippen LogP contribution in [0.3, 0.4) is 0 Å². The molecule has 12 heteroatoms. The molecule has 2 aromatic heterocycles. The van der Waals surface area contributed by atoms with Crippen LogP contribution in [0.1, 0.15) is 12.0 Å². The summed E-state index contributed by atoms with van der Waals surface area (Å²) in [7, 11) is -2.99. The van der Waals surface area contributed by atoms with Crippen LogP contribution in [0.2, 0.25) is 0 Å². The average Bonchev–Trinajstić information content (AvgIpc) is 3.20. The molecule has 0 radical (unpaired) electrons. The molecule has 0 saturated carbocycles. The molecule has 4 aromatic rings. The van der Waals surface area contributed by atoms with E-state index in [-0.39, 0.29) is 23.3 Å². The molecule has 4 rings (SSSR count). The van der Waals surface area contributed by atoms with Crippen molar-refractivity contribution in [3.63, 3.8) is 0 Å². The van der Waals surface area contributed by atoms with E-state index in [2.05, 4.69) is 14.5 Å². The zero-order valence-corrected chi connectivity index (χ0v) is 19.4. The van der Waals surface area contributed by atoms with E-state index in [1.807, 2.05) is 0 Å². The van der Waals surface area contributed by atoms with Crippen molar-refractivity contribution < 1.29 is 40.2 Å². The second kappa shape index (κ2) is 9.61. The average molecular weight is 522 g/mol. The van der Waals surface area contributed by atoms with Crippen LogP contribution in [0.15, 0.2) is 72.0 Å². The van der Waals surface area contributed by atoms with Gasteiger partial charge in [0.15, 0.2) is 0 Å². The van der Waals surface area contributed by atoms with E-state index < -0.39 is 33.9 Å². The Morgan fingerprint density at radius 3 is 2.42 bits per heavy atom. The number of benzene rings is 2. The summed E-state index contributed by atoms with van der Waals surface area (Å²) in [5, 5.41) is 0.326. The van der Waals surface area contributed by atoms with Crippen LogP contribution < -0.4 is 4.74 Å². The number of halogens is 4. The first-order chi connectivity index (χ1) is 17.0. The summed E-state index contributed by atoms with van der Waals surface area (Å²) in [6.07, 6.45) is -0.933. The molecule has 2 heterocycles. The third kappa shape index (κ3) is 5.33. The van der Waals surface area contributed by atoms with E-state index in [1.54, 1.807) is 0 Å². The number of fused-ring (bicyclic) bond motifs is 1. The van der Waals surface area contributed by atoms with E-state index in [9.17, 15) is 30.8 Å². The third-order valence-electron chi connectivity index (χ3n) is 5.33. The van der Waals surface area contributed by atoms with E-state index >= 15 is 0 Å². The summed E-state index contributed by atoms with van der Waals surface area (Å²) in [5.41, 5.74) is 1.38. The summed E-state index contributed by atoms with van der Waals surface area (Å²) in [6, 6.07) is 9.84. The number of hydrogen-bond acceptors (Lipinski definition) is 6. The number of alkyl halides is 3. The number of hydrogen-bond donors (Lipinski definition) is 0. The third-order valence-corrected chi connectivity index (χ3v) is 6.97. The van der Waals surface area contributed by atoms with E-state index in [0.717, 1.165) is 28.4 Å². The Balaban J connectivity index is 1.72. The molecule has 2 aromatic carbocycles. The van der Waals surface area contributed by atoms with E-state index in [0.29, 0.717) is 22.1 Å². The lowest BCUT2D eigenvalue weighted by atomic mass is 10.1. The number of aryl methyl sites for hydroxylation is 1. The maximum atomic E-state index is 13.9. The lowest BCUT2D eigenvalue weighted by molar-refractivity contribution is -0.274. The fourth-order valence-electron chi connectivity index (χ4n) is 3.66. The van der Waals surface area contributed by atoms with E-state index in [1.165, 1.54) is 49.8 Å². The number of carbonyl (C=O) groups is 1. The van der Waals surface area contributed by atoms with Gasteiger partial charge in [-0.15, -0.1) is 13.2 Å². The summed E-state index contributed by atoms with van der Waals surface area (Å²) in [4.78, 5) is 15.4. The number of nitrogens with zero attached hydrogens (tertiary/aromatic N) is 2. The lowest BCUT2D eigenvalue weighted by Crippen LogP contribution is -2.16. The fourth-order valence-corrected chi connectivity index (χ4v) is 5.04. The summed E-state index contributed by atoms with van der Waals surface area (Å²) >= 11 is 0. The van der Waals surface area contributed by atoms with Crippen molar-refractivity contribution in [3.8, 4) is 16.9 Å². The van der Waals surface area contributed by atoms with Gasteiger partial charge in [0, 0.05) is 36.0 Å². The van der Waals surface area contributed by atoms with Crippen LogP contribution >= 0.6 is 0 Å². The Labute approximate surface area is 203 Å². The number of pyridine rings is 1. The van der Waals surface area contributed by atoms with Crippen molar-refractivity contribution >= 4 is 26.9 Å². The SMILES string of the molecule is COC(=O)CCc1cn(S(=O)(=O)c2cncc(-c3ccc(OC(F)(F)F)cc3)c2)c2ccc(F)cc12. The van der Waals surface area contributed by atoms with Gasteiger partial charge in [-0.05, 0) is 53.9 Å². The van der Waals surface area contributed by atoms with Crippen LogP contribution in [0, 0.1) is 5.82 Å². The Morgan fingerprint density at radius 2 is 1.75 bits per heavy atom. The summed E-state index contributed by atoms with van der Waals surface area (Å²) in [5.74, 6) is -1.49. The largest absolute Gasteiger partial charge is 0.573 e. The predicted octanol–water partition coefficient (Wildman–Crippen LogP) is 5.08. The molecule has 0 aliphatic rings. The summed E-state index contributed by atoms with van der Waals surface area (Å²) in [6.45, 7) is 0. The quantitative estimate of drug-likeness (QED) is 0.248. The highest BCUT2D eigenvalue weighted by Crippen LogP contribution is 2.30. The number of ether oxygens (including phenoxy) is 2. The standard InChI is InChI=1S/C24H18F4N2O5S/c1-34-23(31)9-4-16-14-30(22-8-5-18(25)11-21(16)22)36(32,33)20-10-17(12-29-13-20)15-2-6-19(7-3-15)35-24(26,27)28/h2-3,5-8,10-14H,4,9H2,1H3. The van der Waals surface area contributed by atoms with Gasteiger partial charge in [0.05, 0.1) is 12.6 Å². The van der Waals surface area contributed by atoms with Gasteiger partial charge in [0.25, 0.3) is 10.0 Å². The minimum Gasteiger partial charge on any atom is -0.469 e. The molecule has 0 unspecified atom stereocenters. The predicted molar refractivity (Wildman–Crippen MR) is 121 cm³/mol. The first-order valence-electron chi connectivity index (χ1n) is 10.4. The number of esters is 1. The fraction of sp³-hybridized carbons (Fsp3) is 0.167. The van der Waals surface area contributed by atoms with Crippen molar-refractivity contribution in [2.45, 2.75) is 24.1 Å². The zero-order chi connectivity index (χ0) is 26.1. The topological polar surface area (TPSA) is 87.5 Å². The Morgan fingerprint density at radius 1 is 1.03 bits per heavy atom. The monoisotopic (exact) mass is 522 g/mol. The highest BCUT2D eigenvalue weighted by atomic mass is 32.2. The molecule has 188 valence electrons. The maximum absolute atomic E-state index is 13.9. The molecule has 0 aliphatic heterocycles. The van der Waals surface area contributed by atoms with Gasteiger partial charge in [0.2, 0.25) is 0 Å². The second-order valence-corrected chi connectivity index (χ2v) is 9.49. The normalized spacial score (nSPS) is 12.0. The molecule has 0 atom stereocenters. The summed E-state index contributed by atoms with van der Waals surface area (Å²) < 4.78 is 87.7. The van der Waals surface area contributed by atoms with Crippen molar-refractivity contribution in [1.82, 2.24) is 8.96 Å². The van der Waals surface area contributed by atoms with Gasteiger partial charge in [-0.25, -0.2) is 16.8 Å².